The largest absolute Gasteiger partial charge is 0.505 e. The van der Waals surface area contributed by atoms with Crippen molar-refractivity contribution in [1.29, 1.82) is 0 Å². The van der Waals surface area contributed by atoms with Crippen molar-refractivity contribution >= 4 is 66.4 Å². The second kappa shape index (κ2) is 15.8. The Labute approximate surface area is 270 Å². The third kappa shape index (κ3) is 9.81. The molecule has 248 valence electrons. The van der Waals surface area contributed by atoms with E-state index in [4.69, 9.17) is 9.81 Å². The van der Waals surface area contributed by atoms with Crippen LogP contribution in [0.4, 0.5) is 34.1 Å². The predicted octanol–water partition coefficient (Wildman–Crippen LogP) is 4.47. The van der Waals surface area contributed by atoms with E-state index in [2.05, 4.69) is 34.0 Å². The summed E-state index contributed by atoms with van der Waals surface area (Å²) < 4.78 is 63.3. The first kappa shape index (κ1) is 37.8. The molecule has 0 aromatic heterocycles. The van der Waals surface area contributed by atoms with Crippen molar-refractivity contribution in [3.8, 4) is 17.2 Å². The van der Waals surface area contributed by atoms with Gasteiger partial charge in [0.05, 0.1) is 50.1 Å². The molecular weight excluding hydrogens is 732 g/mol. The fraction of sp³-hybridized carbons (Fsp3) is 0.100. The first-order valence-electron chi connectivity index (χ1n) is 11.2. The molecule has 0 bridgehead atoms. The molecule has 0 saturated carbocycles. The van der Waals surface area contributed by atoms with Crippen LogP contribution >= 0.6 is 12.0 Å². The maximum absolute atomic E-state index is 12.5. The molecule has 46 heavy (non-hydrogen) atoms. The summed E-state index contributed by atoms with van der Waals surface area (Å²) >= 11 is 0.230. The fourth-order valence-corrected chi connectivity index (χ4v) is 5.17. The van der Waals surface area contributed by atoms with Crippen molar-refractivity contribution < 1.29 is 82.4 Å². The zero-order valence-corrected chi connectivity index (χ0v) is 25.5. The standard InChI is InChI=1S/C20H16N6O16S3.Fe/c27-16-4-3-13(22-23-14-7-10(25(30)31)8-15(19(14)28)26(32)33)20(29)18(16)24-21-12-2-1-11(9-17(12)43-42-41-34)44(35,36)6-5-40-45(37,38)39;/h1-4,7-9,27-29,34H,5-6H2,(H,37,38,39);. The molecule has 0 fully saturated rings. The summed E-state index contributed by atoms with van der Waals surface area (Å²) in [5.74, 6) is -3.52. The van der Waals surface area contributed by atoms with Crippen LogP contribution in [-0.4, -0.2) is 64.2 Å². The number of rotatable bonds is 14. The average Bonchev–Trinajstić information content (AvgIpc) is 2.95. The van der Waals surface area contributed by atoms with Crippen LogP contribution in [-0.2, 0) is 50.9 Å². The molecule has 0 atom stereocenters. The number of hydrogen-bond acceptors (Lipinski definition) is 20. The number of azo groups is 2. The van der Waals surface area contributed by atoms with E-state index < -0.39 is 93.0 Å². The molecule has 0 aliphatic carbocycles. The van der Waals surface area contributed by atoms with Crippen molar-refractivity contribution in [2.24, 2.45) is 20.5 Å². The fourth-order valence-electron chi connectivity index (χ4n) is 3.12. The normalized spacial score (nSPS) is 12.0. The summed E-state index contributed by atoms with van der Waals surface area (Å²) in [6.07, 6.45) is 0. The summed E-state index contributed by atoms with van der Waals surface area (Å²) in [4.78, 5) is 19.6. The summed E-state index contributed by atoms with van der Waals surface area (Å²) in [5.41, 5.74) is -3.86. The minimum Gasteiger partial charge on any atom is -0.505 e. The van der Waals surface area contributed by atoms with Crippen molar-refractivity contribution in [3.63, 3.8) is 0 Å². The Morgan fingerprint density at radius 2 is 1.46 bits per heavy atom. The van der Waals surface area contributed by atoms with Crippen LogP contribution in [0.2, 0.25) is 0 Å². The Morgan fingerprint density at radius 3 is 2.07 bits per heavy atom. The second-order valence-corrected chi connectivity index (χ2v) is 11.9. The Morgan fingerprint density at radius 1 is 0.826 bits per heavy atom. The number of nitrogens with zero attached hydrogens (tertiary/aromatic N) is 6. The molecule has 22 nitrogen and oxygen atoms in total. The number of non-ortho nitro benzene ring substituents is 1. The number of phenols is 3. The molecule has 26 heteroatoms. The minimum atomic E-state index is -4.90. The SMILES string of the molecule is O=[N+]([O-])c1cc(N=Nc2ccc(O)c(N=Nc3ccc(S(=O)(=O)CCOS(=O)(=O)O)cc3SOOO)c2O)c(O)c([N+](=O)[O-])c1.[Fe]. The quantitative estimate of drug-likeness (QED) is 0.0289. The molecule has 5 N–H and O–H groups in total. The first-order chi connectivity index (χ1) is 21.0. The molecule has 0 heterocycles. The monoisotopic (exact) mass is 748 g/mol. The van der Waals surface area contributed by atoms with Crippen LogP contribution < -0.4 is 0 Å². The molecule has 0 radical (unpaired) electrons. The molecule has 0 spiro atoms. The van der Waals surface area contributed by atoms with Gasteiger partial charge in [0.2, 0.25) is 5.75 Å². The number of nitro groups is 2. The van der Waals surface area contributed by atoms with Gasteiger partial charge in [-0.05, 0) is 30.3 Å². The number of nitro benzene ring substituents is 2. The van der Waals surface area contributed by atoms with Crippen LogP contribution in [0.5, 0.6) is 17.2 Å². The van der Waals surface area contributed by atoms with Gasteiger partial charge >= 0.3 is 16.1 Å². The third-order valence-electron chi connectivity index (χ3n) is 5.12. The molecule has 3 rings (SSSR count). The molecule has 0 unspecified atom stereocenters. The first-order valence-corrected chi connectivity index (χ1v) is 15.0. The molecule has 0 saturated heterocycles. The van der Waals surface area contributed by atoms with Gasteiger partial charge in [-0.1, -0.05) is 5.04 Å². The summed E-state index contributed by atoms with van der Waals surface area (Å²) in [7, 11) is -9.12. The number of benzene rings is 3. The minimum absolute atomic E-state index is 0. The molecule has 0 aliphatic rings. The topological polar surface area (TPSA) is 333 Å². The van der Waals surface area contributed by atoms with Crippen molar-refractivity contribution in [3.05, 3.63) is 62.7 Å². The van der Waals surface area contributed by atoms with E-state index in [0.717, 1.165) is 30.3 Å². The van der Waals surface area contributed by atoms with Crippen molar-refractivity contribution in [2.75, 3.05) is 12.4 Å². The zero-order valence-electron chi connectivity index (χ0n) is 21.9. The van der Waals surface area contributed by atoms with Gasteiger partial charge in [0.15, 0.2) is 21.3 Å². The van der Waals surface area contributed by atoms with Crippen LogP contribution in [0.3, 0.4) is 0 Å². The van der Waals surface area contributed by atoms with E-state index in [1.165, 1.54) is 0 Å². The molecular formula is C20H16FeN6O16S3. The van der Waals surface area contributed by atoms with Gasteiger partial charge in [0.1, 0.15) is 22.8 Å². The summed E-state index contributed by atoms with van der Waals surface area (Å²) in [6.45, 7) is -0.925. The number of sulfone groups is 1. The van der Waals surface area contributed by atoms with Crippen LogP contribution in [0.1, 0.15) is 0 Å². The van der Waals surface area contributed by atoms with E-state index in [1.807, 2.05) is 0 Å². The van der Waals surface area contributed by atoms with E-state index in [9.17, 15) is 52.4 Å². The van der Waals surface area contributed by atoms with Crippen molar-refractivity contribution in [1.82, 2.24) is 0 Å². The number of aromatic hydroxyl groups is 3. The molecule has 0 aliphatic heterocycles. The number of hydrogen-bond donors (Lipinski definition) is 5. The van der Waals surface area contributed by atoms with Crippen molar-refractivity contribution in [2.45, 2.75) is 9.79 Å². The number of phenolic OH excluding ortho intramolecular Hbond substituents is 3. The van der Waals surface area contributed by atoms with Gasteiger partial charge in [0, 0.05) is 23.1 Å². The Balaban J connectivity index is 0.00000736. The molecule has 0 amide bonds. The Kier molecular flexibility index (Phi) is 13.0. The van der Waals surface area contributed by atoms with Gasteiger partial charge in [-0.25, -0.2) is 17.9 Å². The van der Waals surface area contributed by atoms with E-state index >= 15 is 0 Å². The zero-order chi connectivity index (χ0) is 33.5. The predicted molar refractivity (Wildman–Crippen MR) is 146 cm³/mol. The van der Waals surface area contributed by atoms with Gasteiger partial charge in [0.25, 0.3) is 5.69 Å². The smallest absolute Gasteiger partial charge is 0.397 e. The maximum atomic E-state index is 12.5. The van der Waals surface area contributed by atoms with E-state index in [-0.39, 0.29) is 39.7 Å². The second-order valence-electron chi connectivity index (χ2n) is 7.97. The average molecular weight is 748 g/mol. The van der Waals surface area contributed by atoms with Gasteiger partial charge < -0.3 is 15.3 Å². The summed E-state index contributed by atoms with van der Waals surface area (Å²) in [6, 6.07) is 6.11. The van der Waals surface area contributed by atoms with Crippen LogP contribution in [0.25, 0.3) is 0 Å². The van der Waals surface area contributed by atoms with Gasteiger partial charge in [-0.15, -0.1) is 24.8 Å². The van der Waals surface area contributed by atoms with Crippen LogP contribution in [0.15, 0.2) is 72.7 Å². The Hall–Kier alpha value is -4.37. The summed E-state index contributed by atoms with van der Waals surface area (Å²) in [5, 5.41) is 79.7. The van der Waals surface area contributed by atoms with Gasteiger partial charge in [-0.2, -0.15) is 8.42 Å². The maximum Gasteiger partial charge on any atom is 0.397 e. The molecule has 3 aromatic rings. The van der Waals surface area contributed by atoms with Crippen LogP contribution in [0, 0.1) is 20.2 Å². The molecule has 3 aromatic carbocycles. The van der Waals surface area contributed by atoms with Gasteiger partial charge in [-0.3, -0.25) is 24.8 Å². The van der Waals surface area contributed by atoms with E-state index in [1.54, 1.807) is 0 Å². The third-order valence-corrected chi connectivity index (χ3v) is 7.90. The van der Waals surface area contributed by atoms with E-state index in [0.29, 0.717) is 12.1 Å². The Bertz CT molecular complexity index is 1920.